The number of alkyl halides is 3. The van der Waals surface area contributed by atoms with E-state index in [4.69, 9.17) is 0 Å². The highest BCUT2D eigenvalue weighted by Gasteiger charge is 2.29. The Morgan fingerprint density at radius 1 is 1.00 bits per heavy atom. The molecule has 0 unspecified atom stereocenters. The average Bonchev–Trinajstić information content (AvgIpc) is 2.83. The molecule has 3 rings (SSSR count). The molecule has 0 radical (unpaired) electrons. The van der Waals surface area contributed by atoms with Crippen LogP contribution < -0.4 is 10.6 Å². The predicted molar refractivity (Wildman–Crippen MR) is 133 cm³/mol. The Labute approximate surface area is 201 Å². The molecular weight excluding hydrogens is 459 g/mol. The summed E-state index contributed by atoms with van der Waals surface area (Å²) < 4.78 is 38.0. The maximum atomic E-state index is 12.7. The van der Waals surface area contributed by atoms with Gasteiger partial charge in [0.05, 0.1) is 16.9 Å². The van der Waals surface area contributed by atoms with E-state index in [1.54, 1.807) is 30.0 Å². The molecule has 0 aromatic heterocycles. The van der Waals surface area contributed by atoms with Gasteiger partial charge in [0.2, 0.25) is 0 Å². The molecule has 0 aliphatic rings. The zero-order valence-electron chi connectivity index (χ0n) is 18.8. The SMILES string of the molecule is C=Nc1cc(C(=O)NCc2ccc(SCC)cc2)ccc1NCCc1ccc(C(F)(F)F)cc1. The monoisotopic (exact) mass is 485 g/mol. The van der Waals surface area contributed by atoms with Crippen LogP contribution in [-0.4, -0.2) is 24.9 Å². The molecular formula is C26H26F3N3OS. The Balaban J connectivity index is 1.54. The molecule has 0 bridgehead atoms. The molecule has 1 amide bonds. The molecule has 0 saturated heterocycles. The first-order chi connectivity index (χ1) is 16.3. The second-order valence-electron chi connectivity index (χ2n) is 7.52. The Bertz CT molecular complexity index is 1110. The minimum Gasteiger partial charge on any atom is -0.383 e. The number of amides is 1. The highest BCUT2D eigenvalue weighted by Crippen LogP contribution is 2.29. The van der Waals surface area contributed by atoms with Crippen molar-refractivity contribution in [2.24, 2.45) is 4.99 Å². The van der Waals surface area contributed by atoms with Crippen LogP contribution in [0.3, 0.4) is 0 Å². The number of hydrogen-bond donors (Lipinski definition) is 2. The second kappa shape index (κ2) is 11.7. The highest BCUT2D eigenvalue weighted by atomic mass is 32.2. The third kappa shape index (κ3) is 7.12. The van der Waals surface area contributed by atoms with E-state index in [0.717, 1.165) is 29.0 Å². The number of hydrogen-bond acceptors (Lipinski definition) is 4. The number of rotatable bonds is 10. The van der Waals surface area contributed by atoms with Crippen LogP contribution in [0.2, 0.25) is 0 Å². The number of anilines is 1. The summed E-state index contributed by atoms with van der Waals surface area (Å²) in [5.41, 5.74) is 2.82. The van der Waals surface area contributed by atoms with Gasteiger partial charge in [-0.3, -0.25) is 9.79 Å². The minimum atomic E-state index is -4.34. The smallest absolute Gasteiger partial charge is 0.383 e. The van der Waals surface area contributed by atoms with Crippen molar-refractivity contribution in [1.82, 2.24) is 5.32 Å². The number of nitrogens with one attached hydrogen (secondary N) is 2. The molecule has 34 heavy (non-hydrogen) atoms. The maximum absolute atomic E-state index is 12.7. The summed E-state index contributed by atoms with van der Waals surface area (Å²) in [4.78, 5) is 17.8. The third-order valence-corrected chi connectivity index (χ3v) is 6.02. The van der Waals surface area contributed by atoms with Crippen LogP contribution in [0.15, 0.2) is 76.6 Å². The molecule has 8 heteroatoms. The number of halogens is 3. The zero-order chi connectivity index (χ0) is 24.6. The largest absolute Gasteiger partial charge is 0.416 e. The summed E-state index contributed by atoms with van der Waals surface area (Å²) in [5, 5.41) is 6.12. The van der Waals surface area contributed by atoms with E-state index in [1.807, 2.05) is 24.3 Å². The number of aliphatic imine (C=N–C) groups is 1. The average molecular weight is 486 g/mol. The quantitative estimate of drug-likeness (QED) is 0.247. The topological polar surface area (TPSA) is 53.5 Å². The molecule has 4 nitrogen and oxygen atoms in total. The molecule has 0 spiro atoms. The normalized spacial score (nSPS) is 11.2. The lowest BCUT2D eigenvalue weighted by Gasteiger charge is -2.12. The van der Waals surface area contributed by atoms with Gasteiger partial charge in [-0.1, -0.05) is 31.2 Å². The van der Waals surface area contributed by atoms with Crippen LogP contribution in [0.25, 0.3) is 0 Å². The molecule has 3 aromatic rings. The highest BCUT2D eigenvalue weighted by molar-refractivity contribution is 7.99. The van der Waals surface area contributed by atoms with E-state index >= 15 is 0 Å². The first-order valence-electron chi connectivity index (χ1n) is 10.8. The molecule has 0 saturated carbocycles. The first-order valence-corrected chi connectivity index (χ1v) is 11.8. The van der Waals surface area contributed by atoms with E-state index < -0.39 is 11.7 Å². The van der Waals surface area contributed by atoms with Gasteiger partial charge in [0.25, 0.3) is 5.91 Å². The van der Waals surface area contributed by atoms with Crippen molar-refractivity contribution in [3.8, 4) is 0 Å². The van der Waals surface area contributed by atoms with Crippen LogP contribution in [-0.2, 0) is 19.1 Å². The van der Waals surface area contributed by atoms with Crippen LogP contribution in [0.4, 0.5) is 24.5 Å². The van der Waals surface area contributed by atoms with Crippen LogP contribution in [0.5, 0.6) is 0 Å². The number of carbonyl (C=O) groups is 1. The molecule has 3 aromatic carbocycles. The van der Waals surface area contributed by atoms with Crippen molar-refractivity contribution >= 4 is 35.8 Å². The van der Waals surface area contributed by atoms with Gasteiger partial charge in [-0.2, -0.15) is 13.2 Å². The Morgan fingerprint density at radius 3 is 2.29 bits per heavy atom. The standard InChI is InChI=1S/C26H26F3N3OS/c1-3-34-22-11-6-19(7-12-22)17-32-25(33)20-8-13-23(24(16-20)30-2)31-15-14-18-4-9-21(10-5-18)26(27,28)29/h4-13,16,31H,2-3,14-15,17H2,1H3,(H,32,33). The van der Waals surface area contributed by atoms with E-state index in [0.29, 0.717) is 36.4 Å². The molecule has 178 valence electrons. The van der Waals surface area contributed by atoms with Crippen molar-refractivity contribution in [3.63, 3.8) is 0 Å². The van der Waals surface area contributed by atoms with Crippen molar-refractivity contribution in [1.29, 1.82) is 0 Å². The van der Waals surface area contributed by atoms with Gasteiger partial charge >= 0.3 is 6.18 Å². The molecule has 0 atom stereocenters. The second-order valence-corrected chi connectivity index (χ2v) is 8.86. The minimum absolute atomic E-state index is 0.215. The van der Waals surface area contributed by atoms with Gasteiger partial charge in [-0.15, -0.1) is 11.8 Å². The molecule has 0 aliphatic carbocycles. The fourth-order valence-electron chi connectivity index (χ4n) is 3.31. The van der Waals surface area contributed by atoms with Gasteiger partial charge in [0.1, 0.15) is 0 Å². The van der Waals surface area contributed by atoms with E-state index in [9.17, 15) is 18.0 Å². The van der Waals surface area contributed by atoms with Crippen LogP contribution in [0, 0.1) is 0 Å². The van der Waals surface area contributed by atoms with E-state index in [-0.39, 0.29) is 5.91 Å². The number of benzene rings is 3. The number of thioether (sulfide) groups is 1. The summed E-state index contributed by atoms with van der Waals surface area (Å²) in [6.07, 6.45) is -3.81. The summed E-state index contributed by atoms with van der Waals surface area (Å²) in [5.74, 6) is 0.795. The van der Waals surface area contributed by atoms with Crippen LogP contribution >= 0.6 is 11.8 Å². The van der Waals surface area contributed by atoms with Gasteiger partial charge in [0, 0.05) is 23.5 Å². The van der Waals surface area contributed by atoms with Gasteiger partial charge in [-0.25, -0.2) is 0 Å². The van der Waals surface area contributed by atoms with Gasteiger partial charge in [0.15, 0.2) is 0 Å². The van der Waals surface area contributed by atoms with Crippen LogP contribution in [0.1, 0.15) is 34.0 Å². The Hall–Kier alpha value is -3.26. The first kappa shape index (κ1) is 25.4. The fraction of sp³-hybridized carbons (Fsp3) is 0.231. The molecule has 2 N–H and O–H groups in total. The molecule has 0 heterocycles. The predicted octanol–water partition coefficient (Wildman–Crippen LogP) is 6.73. The fourth-order valence-corrected chi connectivity index (χ4v) is 3.97. The van der Waals surface area contributed by atoms with Crippen molar-refractivity contribution in [2.75, 3.05) is 17.6 Å². The lowest BCUT2D eigenvalue weighted by atomic mass is 10.1. The molecule has 0 aliphatic heterocycles. The van der Waals surface area contributed by atoms with Gasteiger partial charge < -0.3 is 10.6 Å². The lowest BCUT2D eigenvalue weighted by molar-refractivity contribution is -0.137. The number of carbonyl (C=O) groups excluding carboxylic acids is 1. The summed E-state index contributed by atoms with van der Waals surface area (Å²) in [6.45, 7) is 6.59. The van der Waals surface area contributed by atoms with Gasteiger partial charge in [-0.05, 0) is 72.5 Å². The van der Waals surface area contributed by atoms with Crippen molar-refractivity contribution < 1.29 is 18.0 Å². The van der Waals surface area contributed by atoms with Crippen molar-refractivity contribution in [3.05, 3.63) is 89.0 Å². The summed E-state index contributed by atoms with van der Waals surface area (Å²) >= 11 is 1.77. The molecule has 0 fully saturated rings. The number of nitrogens with zero attached hydrogens (tertiary/aromatic N) is 1. The van der Waals surface area contributed by atoms with E-state index in [2.05, 4.69) is 29.3 Å². The Kier molecular flexibility index (Phi) is 8.76. The van der Waals surface area contributed by atoms with E-state index in [1.165, 1.54) is 17.0 Å². The zero-order valence-corrected chi connectivity index (χ0v) is 19.6. The maximum Gasteiger partial charge on any atom is 0.416 e. The lowest BCUT2D eigenvalue weighted by Crippen LogP contribution is -2.22. The third-order valence-electron chi connectivity index (χ3n) is 5.13. The summed E-state index contributed by atoms with van der Waals surface area (Å²) in [7, 11) is 0. The van der Waals surface area contributed by atoms with Crippen molar-refractivity contribution in [2.45, 2.75) is 31.0 Å². The Morgan fingerprint density at radius 2 is 1.68 bits per heavy atom. The summed E-state index contributed by atoms with van der Waals surface area (Å²) in [6, 6.07) is 18.3.